The van der Waals surface area contributed by atoms with Gasteiger partial charge in [0.2, 0.25) is 0 Å². The summed E-state index contributed by atoms with van der Waals surface area (Å²) in [5.74, 6) is 2.29. The van der Waals surface area contributed by atoms with Crippen LogP contribution < -0.4 is 5.32 Å². The second kappa shape index (κ2) is 7.27. The van der Waals surface area contributed by atoms with Gasteiger partial charge in [-0.05, 0) is 49.5 Å². The van der Waals surface area contributed by atoms with E-state index in [1.165, 1.54) is 12.0 Å². The molecule has 2 atom stereocenters. The Labute approximate surface area is 158 Å². The summed E-state index contributed by atoms with van der Waals surface area (Å²) in [7, 11) is 0. The molecular weight excluding hydrogens is 338 g/mol. The summed E-state index contributed by atoms with van der Waals surface area (Å²) in [4.78, 5) is 8.58. The molecule has 2 N–H and O–H groups in total. The third kappa shape index (κ3) is 3.67. The molecule has 0 aliphatic heterocycles. The molecule has 140 valence electrons. The Balaban J connectivity index is 1.08. The molecule has 2 aromatic heterocycles. The highest BCUT2D eigenvalue weighted by Gasteiger charge is 2.38. The van der Waals surface area contributed by atoms with Gasteiger partial charge < -0.3 is 10.1 Å². The summed E-state index contributed by atoms with van der Waals surface area (Å²) in [5, 5.41) is 11.5. The number of rotatable bonds is 6. The van der Waals surface area contributed by atoms with E-state index in [1.54, 1.807) is 12.5 Å². The van der Waals surface area contributed by atoms with Crippen LogP contribution in [0, 0.1) is 5.92 Å². The molecule has 6 heteroatoms. The van der Waals surface area contributed by atoms with Gasteiger partial charge in [0.05, 0.1) is 24.3 Å². The standard InChI is InChI=1S/C21H25N5O/c1-2-4-14(5-3-1)18-10-15(18)12-27-17-8-6-16(7-9-17)25-20-19-11-24-26-21(19)23-13-22-20/h1-5,11,13,15-18H,6-10,12H2,(H2,22,23,24,25,26)/t15-,16?,17?,18?/m1/s1. The van der Waals surface area contributed by atoms with Crippen LogP contribution in [-0.4, -0.2) is 38.9 Å². The number of aromatic amines is 1. The molecule has 0 amide bonds. The van der Waals surface area contributed by atoms with E-state index in [-0.39, 0.29) is 0 Å². The van der Waals surface area contributed by atoms with E-state index in [0.717, 1.165) is 49.1 Å². The maximum absolute atomic E-state index is 6.25. The van der Waals surface area contributed by atoms with Gasteiger partial charge in [-0.15, -0.1) is 0 Å². The SMILES string of the molecule is c1ccc(C2C[C@@H]2COC2CCC(Nc3ncnc4[nH]ncc34)CC2)cc1. The third-order valence-corrected chi connectivity index (χ3v) is 5.96. The molecule has 6 nitrogen and oxygen atoms in total. The highest BCUT2D eigenvalue weighted by Crippen LogP contribution is 2.47. The normalized spacial score (nSPS) is 27.6. The van der Waals surface area contributed by atoms with Crippen molar-refractivity contribution >= 4 is 16.9 Å². The van der Waals surface area contributed by atoms with E-state index < -0.39 is 0 Å². The number of fused-ring (bicyclic) bond motifs is 1. The van der Waals surface area contributed by atoms with E-state index in [0.29, 0.717) is 24.0 Å². The Morgan fingerprint density at radius 2 is 1.93 bits per heavy atom. The Bertz CT molecular complexity index is 888. The van der Waals surface area contributed by atoms with E-state index in [1.807, 2.05) is 0 Å². The maximum atomic E-state index is 6.25. The van der Waals surface area contributed by atoms with Crippen LogP contribution >= 0.6 is 0 Å². The Hall–Kier alpha value is -2.47. The summed E-state index contributed by atoms with van der Waals surface area (Å²) in [6.45, 7) is 0.907. The minimum atomic E-state index is 0.402. The van der Waals surface area contributed by atoms with Crippen molar-refractivity contribution in [2.24, 2.45) is 5.92 Å². The Kier molecular flexibility index (Phi) is 4.49. The quantitative estimate of drug-likeness (QED) is 0.695. The van der Waals surface area contributed by atoms with Crippen molar-refractivity contribution < 1.29 is 4.74 Å². The van der Waals surface area contributed by atoms with Crippen molar-refractivity contribution in [3.05, 3.63) is 48.4 Å². The largest absolute Gasteiger partial charge is 0.378 e. The van der Waals surface area contributed by atoms with Crippen molar-refractivity contribution in [2.45, 2.75) is 50.2 Å². The number of anilines is 1. The number of nitrogens with zero attached hydrogens (tertiary/aromatic N) is 3. The summed E-state index contributed by atoms with van der Waals surface area (Å²) < 4.78 is 6.25. The summed E-state index contributed by atoms with van der Waals surface area (Å²) >= 11 is 0. The van der Waals surface area contributed by atoms with Crippen molar-refractivity contribution in [3.63, 3.8) is 0 Å². The first-order chi connectivity index (χ1) is 13.4. The number of nitrogens with one attached hydrogen (secondary N) is 2. The number of ether oxygens (including phenoxy) is 1. The molecule has 0 saturated heterocycles. The molecule has 3 aromatic rings. The fourth-order valence-electron chi connectivity index (χ4n) is 4.25. The molecular formula is C21H25N5O. The average molecular weight is 363 g/mol. The highest BCUT2D eigenvalue weighted by atomic mass is 16.5. The number of H-pyrrole nitrogens is 1. The minimum Gasteiger partial charge on any atom is -0.378 e. The summed E-state index contributed by atoms with van der Waals surface area (Å²) in [6.07, 6.45) is 9.48. The van der Waals surface area contributed by atoms with Crippen LogP contribution in [0.2, 0.25) is 0 Å². The minimum absolute atomic E-state index is 0.402. The van der Waals surface area contributed by atoms with Crippen LogP contribution in [0.5, 0.6) is 0 Å². The number of aromatic nitrogens is 4. The molecule has 0 spiro atoms. The van der Waals surface area contributed by atoms with E-state index in [2.05, 4.69) is 55.8 Å². The Morgan fingerprint density at radius 3 is 2.78 bits per heavy atom. The van der Waals surface area contributed by atoms with Gasteiger partial charge in [-0.1, -0.05) is 30.3 Å². The molecule has 0 bridgehead atoms. The lowest BCUT2D eigenvalue weighted by atomic mass is 9.93. The first-order valence-corrected chi connectivity index (χ1v) is 9.94. The van der Waals surface area contributed by atoms with Crippen LogP contribution in [0.25, 0.3) is 11.0 Å². The molecule has 1 aromatic carbocycles. The van der Waals surface area contributed by atoms with Gasteiger partial charge in [0, 0.05) is 6.04 Å². The molecule has 2 heterocycles. The van der Waals surface area contributed by atoms with Gasteiger partial charge in [0.25, 0.3) is 0 Å². The average Bonchev–Trinajstić information content (AvgIpc) is 3.34. The highest BCUT2D eigenvalue weighted by molar-refractivity contribution is 5.85. The van der Waals surface area contributed by atoms with Crippen LogP contribution in [0.15, 0.2) is 42.9 Å². The molecule has 2 aliphatic rings. The van der Waals surface area contributed by atoms with Crippen LogP contribution in [0.4, 0.5) is 5.82 Å². The van der Waals surface area contributed by atoms with Gasteiger partial charge in [-0.25, -0.2) is 9.97 Å². The molecule has 5 rings (SSSR count). The smallest absolute Gasteiger partial charge is 0.160 e. The first kappa shape index (κ1) is 16.7. The second-order valence-electron chi connectivity index (χ2n) is 7.82. The maximum Gasteiger partial charge on any atom is 0.160 e. The van der Waals surface area contributed by atoms with Gasteiger partial charge >= 0.3 is 0 Å². The van der Waals surface area contributed by atoms with Crippen molar-refractivity contribution in [3.8, 4) is 0 Å². The van der Waals surface area contributed by atoms with Gasteiger partial charge in [0.15, 0.2) is 5.65 Å². The molecule has 0 radical (unpaired) electrons. The monoisotopic (exact) mass is 363 g/mol. The fourth-order valence-corrected chi connectivity index (χ4v) is 4.25. The number of hydrogen-bond acceptors (Lipinski definition) is 5. The fraction of sp³-hybridized carbons (Fsp3) is 0.476. The molecule has 2 aliphatic carbocycles. The summed E-state index contributed by atoms with van der Waals surface area (Å²) in [6, 6.07) is 11.3. The molecule has 2 saturated carbocycles. The first-order valence-electron chi connectivity index (χ1n) is 9.94. The predicted octanol–water partition coefficient (Wildman–Crippen LogP) is 3.90. The molecule has 27 heavy (non-hydrogen) atoms. The zero-order chi connectivity index (χ0) is 18.1. The lowest BCUT2D eigenvalue weighted by molar-refractivity contribution is 0.0196. The summed E-state index contributed by atoms with van der Waals surface area (Å²) in [5.41, 5.74) is 2.25. The lowest BCUT2D eigenvalue weighted by Crippen LogP contribution is -2.30. The Morgan fingerprint density at radius 1 is 1.07 bits per heavy atom. The third-order valence-electron chi connectivity index (χ3n) is 5.96. The van der Waals surface area contributed by atoms with Crippen LogP contribution in [0.1, 0.15) is 43.6 Å². The van der Waals surface area contributed by atoms with Gasteiger partial charge in [-0.3, -0.25) is 5.10 Å². The van der Waals surface area contributed by atoms with Gasteiger partial charge in [0.1, 0.15) is 12.1 Å². The van der Waals surface area contributed by atoms with E-state index in [9.17, 15) is 0 Å². The van der Waals surface area contributed by atoms with E-state index in [4.69, 9.17) is 4.74 Å². The second-order valence-corrected chi connectivity index (χ2v) is 7.82. The predicted molar refractivity (Wildman–Crippen MR) is 105 cm³/mol. The lowest BCUT2D eigenvalue weighted by Gasteiger charge is -2.29. The van der Waals surface area contributed by atoms with Crippen LogP contribution in [0.3, 0.4) is 0 Å². The molecule has 1 unspecified atom stereocenters. The van der Waals surface area contributed by atoms with E-state index >= 15 is 0 Å². The topological polar surface area (TPSA) is 75.7 Å². The molecule has 2 fully saturated rings. The van der Waals surface area contributed by atoms with Crippen molar-refractivity contribution in [2.75, 3.05) is 11.9 Å². The zero-order valence-electron chi connectivity index (χ0n) is 15.3. The zero-order valence-corrected chi connectivity index (χ0v) is 15.3. The number of benzene rings is 1. The van der Waals surface area contributed by atoms with Crippen molar-refractivity contribution in [1.29, 1.82) is 0 Å². The van der Waals surface area contributed by atoms with Gasteiger partial charge in [-0.2, -0.15) is 5.10 Å². The van der Waals surface area contributed by atoms with Crippen molar-refractivity contribution in [1.82, 2.24) is 20.2 Å². The number of hydrogen-bond donors (Lipinski definition) is 2. The van der Waals surface area contributed by atoms with Crippen LogP contribution in [-0.2, 0) is 4.74 Å².